The Kier molecular flexibility index (Phi) is 5.15. The molecule has 0 saturated carbocycles. The zero-order valence-electron chi connectivity index (χ0n) is 13.3. The first-order valence-corrected chi connectivity index (χ1v) is 9.31. The van der Waals surface area contributed by atoms with Crippen LogP contribution in [0, 0.1) is 5.82 Å². The molecular formula is C17H15ClFN3O2S. The molecule has 0 amide bonds. The third-order valence-electron chi connectivity index (χ3n) is 3.60. The molecule has 1 atom stereocenters. The third kappa shape index (κ3) is 3.57. The maximum atomic E-state index is 14.7. The Morgan fingerprint density at radius 2 is 2.20 bits per heavy atom. The highest BCUT2D eigenvalue weighted by molar-refractivity contribution is 7.86. The minimum Gasteiger partial charge on any atom is -0.345 e. The number of carbonyl (C=O) groups excluding carboxylic acids is 1. The summed E-state index contributed by atoms with van der Waals surface area (Å²) in [4.78, 5) is 19.7. The van der Waals surface area contributed by atoms with Gasteiger partial charge >= 0.3 is 0 Å². The van der Waals surface area contributed by atoms with E-state index in [1.54, 1.807) is 12.1 Å². The van der Waals surface area contributed by atoms with E-state index in [1.165, 1.54) is 24.5 Å². The fourth-order valence-electron chi connectivity index (χ4n) is 2.46. The molecule has 1 aromatic carbocycles. The standard InChI is InChI=1S/C17H15ClFN3O2S/c1-2-6-25(24)22-14-5-3-4-11(15(14)19)16(23)13-9-21-17-12(13)7-10(18)8-20-17/h3-5,7-9,22H,2,6H2,1H3,(H,20,21). The summed E-state index contributed by atoms with van der Waals surface area (Å²) >= 11 is 5.94. The van der Waals surface area contributed by atoms with Crippen LogP contribution in [0.2, 0.25) is 5.02 Å². The number of anilines is 1. The second-order valence-electron chi connectivity index (χ2n) is 5.40. The number of carbonyl (C=O) groups is 1. The van der Waals surface area contributed by atoms with Gasteiger partial charge in [-0.2, -0.15) is 0 Å². The van der Waals surface area contributed by atoms with Crippen molar-refractivity contribution in [1.29, 1.82) is 0 Å². The average Bonchev–Trinajstić information content (AvgIpc) is 2.99. The van der Waals surface area contributed by atoms with E-state index in [9.17, 15) is 13.4 Å². The predicted octanol–water partition coefficient (Wildman–Crippen LogP) is 4.07. The lowest BCUT2D eigenvalue weighted by Gasteiger charge is -2.09. The number of nitrogens with zero attached hydrogens (tertiary/aromatic N) is 1. The number of hydrogen-bond donors (Lipinski definition) is 2. The van der Waals surface area contributed by atoms with Gasteiger partial charge < -0.3 is 9.71 Å². The SMILES string of the molecule is CCCS(=O)Nc1cccc(C(=O)c2c[nH]c3ncc(Cl)cc23)c1F. The van der Waals surface area contributed by atoms with Crippen LogP contribution in [0.5, 0.6) is 0 Å². The fourth-order valence-corrected chi connectivity index (χ4v) is 3.49. The Bertz CT molecular complexity index is 974. The minimum absolute atomic E-state index is 0.0358. The van der Waals surface area contributed by atoms with Crippen LogP contribution in [0.15, 0.2) is 36.7 Å². The topological polar surface area (TPSA) is 74.8 Å². The maximum absolute atomic E-state index is 14.7. The van der Waals surface area contributed by atoms with Crippen molar-refractivity contribution >= 4 is 45.1 Å². The van der Waals surface area contributed by atoms with Crippen LogP contribution < -0.4 is 4.72 Å². The van der Waals surface area contributed by atoms with Crippen LogP contribution in [-0.2, 0) is 11.0 Å². The maximum Gasteiger partial charge on any atom is 0.198 e. The van der Waals surface area contributed by atoms with Crippen molar-refractivity contribution in [2.45, 2.75) is 13.3 Å². The molecule has 0 spiro atoms. The van der Waals surface area contributed by atoms with Crippen molar-refractivity contribution < 1.29 is 13.4 Å². The molecule has 0 aliphatic heterocycles. The summed E-state index contributed by atoms with van der Waals surface area (Å²) in [7, 11) is -1.40. The Morgan fingerprint density at radius 3 is 2.96 bits per heavy atom. The van der Waals surface area contributed by atoms with Gasteiger partial charge in [-0.3, -0.25) is 4.79 Å². The molecule has 0 aliphatic rings. The van der Waals surface area contributed by atoms with Gasteiger partial charge in [-0.05, 0) is 24.6 Å². The highest BCUT2D eigenvalue weighted by Gasteiger charge is 2.20. The lowest BCUT2D eigenvalue weighted by molar-refractivity contribution is 0.103. The predicted molar refractivity (Wildman–Crippen MR) is 97.9 cm³/mol. The summed E-state index contributed by atoms with van der Waals surface area (Å²) in [5.41, 5.74) is 0.690. The monoisotopic (exact) mass is 379 g/mol. The van der Waals surface area contributed by atoms with Crippen molar-refractivity contribution in [3.63, 3.8) is 0 Å². The Labute approximate surface area is 151 Å². The molecule has 130 valence electrons. The number of aromatic nitrogens is 2. The van der Waals surface area contributed by atoms with Crippen molar-refractivity contribution in [2.75, 3.05) is 10.5 Å². The number of fused-ring (bicyclic) bond motifs is 1. The molecule has 25 heavy (non-hydrogen) atoms. The first kappa shape index (κ1) is 17.6. The van der Waals surface area contributed by atoms with Crippen LogP contribution >= 0.6 is 11.6 Å². The van der Waals surface area contributed by atoms with Crippen molar-refractivity contribution in [1.82, 2.24) is 9.97 Å². The highest BCUT2D eigenvalue weighted by atomic mass is 35.5. The number of benzene rings is 1. The van der Waals surface area contributed by atoms with E-state index in [0.717, 1.165) is 0 Å². The average molecular weight is 380 g/mol. The second-order valence-corrected chi connectivity index (χ2v) is 7.14. The van der Waals surface area contributed by atoms with Gasteiger partial charge in [0.15, 0.2) is 11.6 Å². The summed E-state index contributed by atoms with van der Waals surface area (Å²) in [6.07, 6.45) is 3.64. The van der Waals surface area contributed by atoms with E-state index in [2.05, 4.69) is 14.7 Å². The van der Waals surface area contributed by atoms with Gasteiger partial charge in [0.25, 0.3) is 0 Å². The molecule has 0 aliphatic carbocycles. The third-order valence-corrected chi connectivity index (χ3v) is 5.03. The van der Waals surface area contributed by atoms with Crippen LogP contribution in [0.1, 0.15) is 29.3 Å². The number of H-pyrrole nitrogens is 1. The first-order chi connectivity index (χ1) is 12.0. The summed E-state index contributed by atoms with van der Waals surface area (Å²) in [6.45, 7) is 1.88. The van der Waals surface area contributed by atoms with E-state index in [1.807, 2.05) is 6.92 Å². The van der Waals surface area contributed by atoms with Gasteiger partial charge in [-0.1, -0.05) is 24.6 Å². The number of rotatable bonds is 6. The summed E-state index contributed by atoms with van der Waals surface area (Å²) in [5.74, 6) is -0.844. The van der Waals surface area contributed by atoms with E-state index in [4.69, 9.17) is 11.6 Å². The number of hydrogen-bond acceptors (Lipinski definition) is 3. The lowest BCUT2D eigenvalue weighted by Crippen LogP contribution is -2.11. The van der Waals surface area contributed by atoms with Gasteiger partial charge in [-0.15, -0.1) is 0 Å². The zero-order valence-corrected chi connectivity index (χ0v) is 14.9. The molecular weight excluding hydrogens is 365 g/mol. The molecule has 0 bridgehead atoms. The molecule has 2 aromatic heterocycles. The van der Waals surface area contributed by atoms with E-state index < -0.39 is 22.6 Å². The molecule has 0 saturated heterocycles. The van der Waals surface area contributed by atoms with Crippen molar-refractivity contribution in [3.05, 3.63) is 58.6 Å². The number of nitrogens with one attached hydrogen (secondary N) is 2. The van der Waals surface area contributed by atoms with Crippen LogP contribution in [0.4, 0.5) is 10.1 Å². The number of pyridine rings is 1. The van der Waals surface area contributed by atoms with Crippen molar-refractivity contribution in [3.8, 4) is 0 Å². The lowest BCUT2D eigenvalue weighted by atomic mass is 10.0. The minimum atomic E-state index is -1.40. The van der Waals surface area contributed by atoms with Gasteiger partial charge in [-0.25, -0.2) is 13.6 Å². The largest absolute Gasteiger partial charge is 0.345 e. The molecule has 0 fully saturated rings. The van der Waals surface area contributed by atoms with E-state index >= 15 is 0 Å². The van der Waals surface area contributed by atoms with Gasteiger partial charge in [0, 0.05) is 29.1 Å². The zero-order chi connectivity index (χ0) is 18.0. The van der Waals surface area contributed by atoms with Gasteiger partial charge in [0.1, 0.15) is 16.6 Å². The molecule has 0 radical (unpaired) electrons. The molecule has 2 N–H and O–H groups in total. The highest BCUT2D eigenvalue weighted by Crippen LogP contribution is 2.26. The summed E-state index contributed by atoms with van der Waals surface area (Å²) < 4.78 is 29.1. The fraction of sp³-hybridized carbons (Fsp3) is 0.176. The van der Waals surface area contributed by atoms with Crippen LogP contribution in [0.25, 0.3) is 11.0 Å². The molecule has 2 heterocycles. The quantitative estimate of drug-likeness (QED) is 0.634. The molecule has 1 unspecified atom stereocenters. The van der Waals surface area contributed by atoms with Gasteiger partial charge in [0.05, 0.1) is 16.3 Å². The first-order valence-electron chi connectivity index (χ1n) is 7.62. The Balaban J connectivity index is 1.99. The van der Waals surface area contributed by atoms with E-state index in [-0.39, 0.29) is 16.8 Å². The van der Waals surface area contributed by atoms with Gasteiger partial charge in [0.2, 0.25) is 0 Å². The molecule has 3 aromatic rings. The summed E-state index contributed by atoms with van der Waals surface area (Å²) in [5, 5.41) is 0.900. The van der Waals surface area contributed by atoms with Crippen molar-refractivity contribution in [2.24, 2.45) is 0 Å². The Hall–Kier alpha value is -2.25. The van der Waals surface area contributed by atoms with Crippen LogP contribution in [0.3, 0.4) is 0 Å². The Morgan fingerprint density at radius 1 is 1.40 bits per heavy atom. The van der Waals surface area contributed by atoms with E-state index in [0.29, 0.717) is 28.2 Å². The normalized spacial score (nSPS) is 12.3. The number of ketones is 1. The number of aromatic amines is 1. The summed E-state index contributed by atoms with van der Waals surface area (Å²) in [6, 6.07) is 5.99. The molecule has 3 rings (SSSR count). The smallest absolute Gasteiger partial charge is 0.198 e. The molecule has 8 heteroatoms. The number of halogens is 2. The molecule has 5 nitrogen and oxygen atoms in total. The van der Waals surface area contributed by atoms with Crippen LogP contribution in [-0.4, -0.2) is 25.7 Å². The second kappa shape index (κ2) is 7.33.